The molecule has 1 amide bonds. The molecular formula is C14H14N2O3. The number of amides is 1. The highest BCUT2D eigenvalue weighted by atomic mass is 16.5. The molecule has 0 heterocycles. The Bertz CT molecular complexity index is 530. The SMILES string of the molecule is N#Cc1ccccc1NC(=O)COC(=O)C1CCC1. The Balaban J connectivity index is 1.84. The molecule has 1 aliphatic rings. The molecule has 0 spiro atoms. The molecule has 0 atom stereocenters. The molecule has 1 aliphatic carbocycles. The normalized spacial score (nSPS) is 14.1. The molecule has 1 saturated carbocycles. The third-order valence-corrected chi connectivity index (χ3v) is 3.11. The molecule has 1 N–H and O–H groups in total. The number of ether oxygens (including phenoxy) is 1. The number of anilines is 1. The minimum absolute atomic E-state index is 0.0424. The van der Waals surface area contributed by atoms with Crippen LogP contribution in [0.5, 0.6) is 0 Å². The molecule has 0 aliphatic heterocycles. The Labute approximate surface area is 111 Å². The number of nitrogens with zero attached hydrogens (tertiary/aromatic N) is 1. The van der Waals surface area contributed by atoms with Gasteiger partial charge in [0, 0.05) is 0 Å². The van der Waals surface area contributed by atoms with Crippen molar-refractivity contribution < 1.29 is 14.3 Å². The number of hydrogen-bond acceptors (Lipinski definition) is 4. The Morgan fingerprint density at radius 2 is 2.11 bits per heavy atom. The van der Waals surface area contributed by atoms with Crippen LogP contribution in [0.3, 0.4) is 0 Å². The number of rotatable bonds is 4. The van der Waals surface area contributed by atoms with Crippen LogP contribution in [0.4, 0.5) is 5.69 Å². The minimum atomic E-state index is -0.435. The Morgan fingerprint density at radius 1 is 1.37 bits per heavy atom. The third-order valence-electron chi connectivity index (χ3n) is 3.11. The first-order valence-electron chi connectivity index (χ1n) is 6.16. The van der Waals surface area contributed by atoms with E-state index < -0.39 is 5.91 Å². The van der Waals surface area contributed by atoms with E-state index in [0.717, 1.165) is 19.3 Å². The van der Waals surface area contributed by atoms with Crippen molar-refractivity contribution >= 4 is 17.6 Å². The summed E-state index contributed by atoms with van der Waals surface area (Å²) < 4.78 is 4.92. The molecule has 1 aromatic carbocycles. The second kappa shape index (κ2) is 6.01. The topological polar surface area (TPSA) is 79.2 Å². The smallest absolute Gasteiger partial charge is 0.309 e. The molecule has 1 fully saturated rings. The molecule has 98 valence electrons. The lowest BCUT2D eigenvalue weighted by atomic mass is 9.86. The number of para-hydroxylation sites is 1. The van der Waals surface area contributed by atoms with Crippen molar-refractivity contribution in [2.24, 2.45) is 5.92 Å². The monoisotopic (exact) mass is 258 g/mol. The van der Waals surface area contributed by atoms with Gasteiger partial charge in [-0.2, -0.15) is 5.26 Å². The molecule has 2 rings (SSSR count). The van der Waals surface area contributed by atoms with Gasteiger partial charge in [0.1, 0.15) is 6.07 Å². The zero-order valence-electron chi connectivity index (χ0n) is 10.4. The highest BCUT2D eigenvalue weighted by Crippen LogP contribution is 2.27. The van der Waals surface area contributed by atoms with Crippen LogP contribution in [0.1, 0.15) is 24.8 Å². The fourth-order valence-electron chi connectivity index (χ4n) is 1.77. The van der Waals surface area contributed by atoms with Gasteiger partial charge in [-0.25, -0.2) is 0 Å². The number of benzene rings is 1. The molecule has 19 heavy (non-hydrogen) atoms. The average molecular weight is 258 g/mol. The van der Waals surface area contributed by atoms with E-state index in [9.17, 15) is 9.59 Å². The summed E-state index contributed by atoms with van der Waals surface area (Å²) in [4.78, 5) is 23.1. The fraction of sp³-hybridized carbons (Fsp3) is 0.357. The van der Waals surface area contributed by atoms with Crippen LogP contribution >= 0.6 is 0 Å². The molecular weight excluding hydrogens is 244 g/mol. The van der Waals surface area contributed by atoms with E-state index in [4.69, 9.17) is 10.00 Å². The van der Waals surface area contributed by atoms with E-state index in [-0.39, 0.29) is 18.5 Å². The molecule has 0 radical (unpaired) electrons. The van der Waals surface area contributed by atoms with Crippen molar-refractivity contribution in [1.29, 1.82) is 5.26 Å². The first kappa shape index (κ1) is 13.1. The maximum Gasteiger partial charge on any atom is 0.309 e. The van der Waals surface area contributed by atoms with Gasteiger partial charge in [0.05, 0.1) is 17.2 Å². The van der Waals surface area contributed by atoms with Crippen LogP contribution in [0, 0.1) is 17.2 Å². The van der Waals surface area contributed by atoms with Crippen LogP contribution < -0.4 is 5.32 Å². The van der Waals surface area contributed by atoms with Crippen LogP contribution in [0.2, 0.25) is 0 Å². The summed E-state index contributed by atoms with van der Waals surface area (Å²) >= 11 is 0. The van der Waals surface area contributed by atoms with E-state index in [1.165, 1.54) is 0 Å². The molecule has 0 aromatic heterocycles. The van der Waals surface area contributed by atoms with Crippen molar-refractivity contribution in [1.82, 2.24) is 0 Å². The van der Waals surface area contributed by atoms with Gasteiger partial charge in [-0.05, 0) is 25.0 Å². The van der Waals surface area contributed by atoms with Gasteiger partial charge in [-0.1, -0.05) is 18.6 Å². The Kier molecular flexibility index (Phi) is 4.14. The van der Waals surface area contributed by atoms with Crippen LogP contribution in [-0.4, -0.2) is 18.5 Å². The third kappa shape index (κ3) is 3.32. The number of nitrogens with one attached hydrogen (secondary N) is 1. The molecule has 0 unspecified atom stereocenters. The zero-order valence-corrected chi connectivity index (χ0v) is 10.4. The maximum atomic E-state index is 11.6. The van der Waals surface area contributed by atoms with Crippen molar-refractivity contribution in [3.05, 3.63) is 29.8 Å². The first-order chi connectivity index (χ1) is 9.20. The van der Waals surface area contributed by atoms with Crippen molar-refractivity contribution in [3.8, 4) is 6.07 Å². The standard InChI is InChI=1S/C14H14N2O3/c15-8-11-4-1-2-7-12(11)16-13(17)9-19-14(18)10-5-3-6-10/h1-2,4,7,10H,3,5-6,9H2,(H,16,17). The Morgan fingerprint density at radius 3 is 2.74 bits per heavy atom. The van der Waals surface area contributed by atoms with Gasteiger partial charge in [-0.15, -0.1) is 0 Å². The maximum absolute atomic E-state index is 11.6. The lowest BCUT2D eigenvalue weighted by Crippen LogP contribution is -2.28. The summed E-state index contributed by atoms with van der Waals surface area (Å²) in [6.07, 6.45) is 2.73. The second-order valence-corrected chi connectivity index (χ2v) is 4.44. The highest BCUT2D eigenvalue weighted by molar-refractivity contribution is 5.94. The summed E-state index contributed by atoms with van der Waals surface area (Å²) in [5, 5.41) is 11.4. The molecule has 5 heteroatoms. The largest absolute Gasteiger partial charge is 0.455 e. The lowest BCUT2D eigenvalue weighted by molar-refractivity contribution is -0.154. The van der Waals surface area contributed by atoms with Gasteiger partial charge in [0.15, 0.2) is 6.61 Å². The summed E-state index contributed by atoms with van der Waals surface area (Å²) in [7, 11) is 0. The number of carbonyl (C=O) groups is 2. The quantitative estimate of drug-likeness (QED) is 0.836. The van der Waals surface area contributed by atoms with E-state index in [1.54, 1.807) is 24.3 Å². The van der Waals surface area contributed by atoms with Crippen LogP contribution in [0.25, 0.3) is 0 Å². The Hall–Kier alpha value is -2.35. The summed E-state index contributed by atoms with van der Waals surface area (Å²) in [5.74, 6) is -0.787. The van der Waals surface area contributed by atoms with Crippen molar-refractivity contribution in [2.75, 3.05) is 11.9 Å². The van der Waals surface area contributed by atoms with Gasteiger partial charge < -0.3 is 10.1 Å². The molecule has 1 aromatic rings. The fourth-order valence-corrected chi connectivity index (χ4v) is 1.77. The van der Waals surface area contributed by atoms with Crippen LogP contribution in [-0.2, 0) is 14.3 Å². The van der Waals surface area contributed by atoms with Crippen LogP contribution in [0.15, 0.2) is 24.3 Å². The van der Waals surface area contributed by atoms with E-state index in [2.05, 4.69) is 5.32 Å². The molecule has 0 bridgehead atoms. The van der Waals surface area contributed by atoms with Gasteiger partial charge in [0.2, 0.25) is 0 Å². The summed E-state index contributed by atoms with van der Waals surface area (Å²) in [6, 6.07) is 8.65. The van der Waals surface area contributed by atoms with E-state index >= 15 is 0 Å². The van der Waals surface area contributed by atoms with E-state index in [1.807, 2.05) is 6.07 Å². The highest BCUT2D eigenvalue weighted by Gasteiger charge is 2.27. The predicted molar refractivity (Wildman–Crippen MR) is 68.1 cm³/mol. The lowest BCUT2D eigenvalue weighted by Gasteiger charge is -2.22. The summed E-state index contributed by atoms with van der Waals surface area (Å²) in [6.45, 7) is -0.310. The van der Waals surface area contributed by atoms with Crippen molar-refractivity contribution in [3.63, 3.8) is 0 Å². The summed E-state index contributed by atoms with van der Waals surface area (Å²) in [5.41, 5.74) is 0.802. The molecule has 0 saturated heterocycles. The van der Waals surface area contributed by atoms with Gasteiger partial charge in [0.25, 0.3) is 5.91 Å². The first-order valence-corrected chi connectivity index (χ1v) is 6.16. The minimum Gasteiger partial charge on any atom is -0.455 e. The average Bonchev–Trinajstić information content (AvgIpc) is 2.35. The van der Waals surface area contributed by atoms with Gasteiger partial charge in [-0.3, -0.25) is 9.59 Å². The zero-order chi connectivity index (χ0) is 13.7. The predicted octanol–water partition coefficient (Wildman–Crippen LogP) is 1.84. The number of hydrogen-bond donors (Lipinski definition) is 1. The van der Waals surface area contributed by atoms with Crippen molar-refractivity contribution in [2.45, 2.75) is 19.3 Å². The molecule has 5 nitrogen and oxygen atoms in total. The van der Waals surface area contributed by atoms with E-state index in [0.29, 0.717) is 11.3 Å². The number of esters is 1. The number of nitriles is 1. The second-order valence-electron chi connectivity index (χ2n) is 4.44. The van der Waals surface area contributed by atoms with Gasteiger partial charge >= 0.3 is 5.97 Å². The number of carbonyl (C=O) groups excluding carboxylic acids is 2.